The Bertz CT molecular complexity index is 724. The third-order valence-corrected chi connectivity index (χ3v) is 4.82. The summed E-state index contributed by atoms with van der Waals surface area (Å²) < 4.78 is 5.84. The van der Waals surface area contributed by atoms with Gasteiger partial charge in [0.1, 0.15) is 0 Å². The van der Waals surface area contributed by atoms with Crippen LogP contribution in [0.25, 0.3) is 11.5 Å². The highest BCUT2D eigenvalue weighted by Gasteiger charge is 2.22. The minimum atomic E-state index is 0.0354. The summed E-state index contributed by atoms with van der Waals surface area (Å²) in [5.74, 6) is 1.85. The molecule has 6 heteroatoms. The summed E-state index contributed by atoms with van der Waals surface area (Å²) in [6, 6.07) is 8.09. The highest BCUT2D eigenvalue weighted by Crippen LogP contribution is 2.21. The van der Waals surface area contributed by atoms with Crippen molar-refractivity contribution in [1.29, 1.82) is 0 Å². The molecule has 0 unspecified atom stereocenters. The van der Waals surface area contributed by atoms with Crippen LogP contribution >= 0.6 is 0 Å². The Morgan fingerprint density at radius 3 is 2.81 bits per heavy atom. The molecule has 1 amide bonds. The summed E-state index contributed by atoms with van der Waals surface area (Å²) >= 11 is 0. The van der Waals surface area contributed by atoms with Crippen LogP contribution in [-0.2, 0) is 11.3 Å². The first kappa shape index (κ1) is 18.6. The van der Waals surface area contributed by atoms with Gasteiger partial charge in [0.15, 0.2) is 0 Å². The first-order valence-corrected chi connectivity index (χ1v) is 9.40. The van der Waals surface area contributed by atoms with Crippen LogP contribution in [0.3, 0.4) is 0 Å². The molecule has 0 saturated carbocycles. The lowest BCUT2D eigenvalue weighted by Gasteiger charge is -2.31. The maximum atomic E-state index is 11.8. The van der Waals surface area contributed by atoms with Crippen molar-refractivity contribution in [3.63, 3.8) is 0 Å². The standard InChI is InChI=1S/C20H28N4O2/c1-14(2)19(25)21-11-16-5-4-10-24(12-16)13-18-22-23-20(26-18)17-8-6-15(3)7-9-17/h6-9,14,16H,4-5,10-13H2,1-3H3,(H,21,25)/t16-/m0/s1. The van der Waals surface area contributed by atoms with Crippen LogP contribution in [0.1, 0.15) is 38.1 Å². The number of carbonyl (C=O) groups excluding carboxylic acids is 1. The summed E-state index contributed by atoms with van der Waals surface area (Å²) in [5, 5.41) is 11.4. The number of carbonyl (C=O) groups is 1. The second-order valence-corrected chi connectivity index (χ2v) is 7.51. The smallest absolute Gasteiger partial charge is 0.247 e. The molecule has 1 aliphatic rings. The van der Waals surface area contributed by atoms with Crippen LogP contribution in [0.4, 0.5) is 0 Å². The zero-order valence-corrected chi connectivity index (χ0v) is 15.9. The van der Waals surface area contributed by atoms with Gasteiger partial charge in [0.2, 0.25) is 17.7 Å². The van der Waals surface area contributed by atoms with Crippen LogP contribution < -0.4 is 5.32 Å². The van der Waals surface area contributed by atoms with Crippen molar-refractivity contribution in [1.82, 2.24) is 20.4 Å². The van der Waals surface area contributed by atoms with Gasteiger partial charge in [0.25, 0.3) is 0 Å². The molecule has 6 nitrogen and oxygen atoms in total. The van der Waals surface area contributed by atoms with Gasteiger partial charge in [0, 0.05) is 24.6 Å². The second-order valence-electron chi connectivity index (χ2n) is 7.51. The largest absolute Gasteiger partial charge is 0.419 e. The first-order chi connectivity index (χ1) is 12.5. The van der Waals surface area contributed by atoms with Gasteiger partial charge in [-0.25, -0.2) is 0 Å². The molecular weight excluding hydrogens is 328 g/mol. The number of piperidine rings is 1. The van der Waals surface area contributed by atoms with E-state index in [1.807, 2.05) is 38.1 Å². The number of nitrogens with zero attached hydrogens (tertiary/aromatic N) is 3. The number of aromatic nitrogens is 2. The van der Waals surface area contributed by atoms with Crippen LogP contribution in [0.15, 0.2) is 28.7 Å². The maximum Gasteiger partial charge on any atom is 0.247 e. The van der Waals surface area contributed by atoms with Gasteiger partial charge in [-0.1, -0.05) is 31.5 Å². The van der Waals surface area contributed by atoms with E-state index in [4.69, 9.17) is 4.42 Å². The molecule has 2 heterocycles. The van der Waals surface area contributed by atoms with Gasteiger partial charge >= 0.3 is 0 Å². The first-order valence-electron chi connectivity index (χ1n) is 9.40. The number of amides is 1. The number of nitrogens with one attached hydrogen (secondary N) is 1. The molecule has 140 valence electrons. The van der Waals surface area contributed by atoms with E-state index in [1.165, 1.54) is 5.56 Å². The molecule has 0 bridgehead atoms. The third-order valence-electron chi connectivity index (χ3n) is 4.82. The SMILES string of the molecule is Cc1ccc(-c2nnc(CN3CCC[C@@H](CNC(=O)C(C)C)C3)o2)cc1. The Hall–Kier alpha value is -2.21. The predicted molar refractivity (Wildman–Crippen MR) is 100 cm³/mol. The zero-order chi connectivity index (χ0) is 18.5. The summed E-state index contributed by atoms with van der Waals surface area (Å²) in [6.45, 7) is 9.27. The van der Waals surface area contributed by atoms with Crippen molar-refractivity contribution in [2.45, 2.75) is 40.2 Å². The van der Waals surface area contributed by atoms with Gasteiger partial charge in [-0.05, 0) is 44.4 Å². The summed E-state index contributed by atoms with van der Waals surface area (Å²) in [7, 11) is 0. The highest BCUT2D eigenvalue weighted by molar-refractivity contribution is 5.77. The molecule has 26 heavy (non-hydrogen) atoms. The minimum absolute atomic E-state index is 0.0354. The quantitative estimate of drug-likeness (QED) is 0.861. The van der Waals surface area contributed by atoms with Crippen molar-refractivity contribution >= 4 is 5.91 Å². The average Bonchev–Trinajstić information content (AvgIpc) is 3.09. The molecule has 1 saturated heterocycles. The van der Waals surface area contributed by atoms with Crippen LogP contribution in [-0.4, -0.2) is 40.6 Å². The summed E-state index contributed by atoms with van der Waals surface area (Å²) in [5.41, 5.74) is 2.15. The van der Waals surface area contributed by atoms with Gasteiger partial charge in [-0.15, -0.1) is 10.2 Å². The highest BCUT2D eigenvalue weighted by atomic mass is 16.4. The van der Waals surface area contributed by atoms with Gasteiger partial charge in [-0.2, -0.15) is 0 Å². The van der Waals surface area contributed by atoms with Crippen molar-refractivity contribution in [2.75, 3.05) is 19.6 Å². The summed E-state index contributed by atoms with van der Waals surface area (Å²) in [4.78, 5) is 14.1. The molecule has 1 aromatic heterocycles. The molecule has 1 atom stereocenters. The molecule has 1 fully saturated rings. The van der Waals surface area contributed by atoms with Crippen LogP contribution in [0.2, 0.25) is 0 Å². The number of benzene rings is 1. The Morgan fingerprint density at radius 1 is 1.31 bits per heavy atom. The molecule has 0 aliphatic carbocycles. The van der Waals surface area contributed by atoms with Crippen molar-refractivity contribution in [3.8, 4) is 11.5 Å². The number of hydrogen-bond donors (Lipinski definition) is 1. The monoisotopic (exact) mass is 356 g/mol. The Morgan fingerprint density at radius 2 is 2.08 bits per heavy atom. The van der Waals surface area contributed by atoms with Crippen LogP contribution in [0, 0.1) is 18.8 Å². The topological polar surface area (TPSA) is 71.3 Å². The second kappa shape index (κ2) is 8.45. The molecule has 1 aliphatic heterocycles. The number of aryl methyl sites for hydroxylation is 1. The van der Waals surface area contributed by atoms with E-state index in [9.17, 15) is 4.79 Å². The fourth-order valence-electron chi connectivity index (χ4n) is 3.23. The molecule has 3 rings (SSSR count). The van der Waals surface area contributed by atoms with E-state index >= 15 is 0 Å². The predicted octanol–water partition coefficient (Wildman–Crippen LogP) is 3.03. The maximum absolute atomic E-state index is 11.8. The van der Waals surface area contributed by atoms with E-state index in [0.717, 1.165) is 38.0 Å². The zero-order valence-electron chi connectivity index (χ0n) is 15.9. The number of hydrogen-bond acceptors (Lipinski definition) is 5. The summed E-state index contributed by atoms with van der Waals surface area (Å²) in [6.07, 6.45) is 2.27. The van der Waals surface area contributed by atoms with E-state index < -0.39 is 0 Å². The molecular formula is C20H28N4O2. The molecule has 1 N–H and O–H groups in total. The van der Waals surface area contributed by atoms with Crippen molar-refractivity contribution < 1.29 is 9.21 Å². The Kier molecular flexibility index (Phi) is 6.04. The molecule has 1 aromatic carbocycles. The Labute approximate surface area is 155 Å². The van der Waals surface area contributed by atoms with E-state index in [1.54, 1.807) is 0 Å². The van der Waals surface area contributed by atoms with E-state index in [-0.39, 0.29) is 11.8 Å². The normalized spacial score (nSPS) is 18.2. The molecule has 0 radical (unpaired) electrons. The minimum Gasteiger partial charge on any atom is -0.419 e. The third kappa shape index (κ3) is 4.91. The average molecular weight is 356 g/mol. The van der Waals surface area contributed by atoms with Crippen LogP contribution in [0.5, 0.6) is 0 Å². The van der Waals surface area contributed by atoms with Crippen molar-refractivity contribution in [3.05, 3.63) is 35.7 Å². The lowest BCUT2D eigenvalue weighted by atomic mass is 9.98. The van der Waals surface area contributed by atoms with E-state index in [2.05, 4.69) is 27.3 Å². The lowest BCUT2D eigenvalue weighted by molar-refractivity contribution is -0.124. The van der Waals surface area contributed by atoms with Gasteiger partial charge in [0.05, 0.1) is 6.54 Å². The Balaban J connectivity index is 1.54. The van der Waals surface area contributed by atoms with Gasteiger partial charge in [-0.3, -0.25) is 9.69 Å². The number of likely N-dealkylation sites (tertiary alicyclic amines) is 1. The lowest BCUT2D eigenvalue weighted by Crippen LogP contribution is -2.41. The fourth-order valence-corrected chi connectivity index (χ4v) is 3.23. The molecule has 2 aromatic rings. The fraction of sp³-hybridized carbons (Fsp3) is 0.550. The van der Waals surface area contributed by atoms with Gasteiger partial charge < -0.3 is 9.73 Å². The molecule has 0 spiro atoms. The van der Waals surface area contributed by atoms with Crippen molar-refractivity contribution in [2.24, 2.45) is 11.8 Å². The van der Waals surface area contributed by atoms with E-state index in [0.29, 0.717) is 24.2 Å². The number of rotatable bonds is 6.